The first-order chi connectivity index (χ1) is 3.93. The molecule has 0 bridgehead atoms. The third-order valence-electron chi connectivity index (χ3n) is 0.750. The minimum Gasteiger partial charge on any atom is -0.352 e. The van der Waals surface area contributed by atoms with E-state index in [1.54, 1.807) is 24.3 Å². The van der Waals surface area contributed by atoms with Crippen LogP contribution in [0.4, 0.5) is 0 Å². The predicted molar refractivity (Wildman–Crippen MR) is 29.3 cm³/mol. The molecule has 2 nitrogen and oxygen atoms in total. The minimum absolute atomic E-state index is 0.354. The van der Waals surface area contributed by atoms with E-state index in [1.165, 1.54) is 0 Å². The van der Waals surface area contributed by atoms with Crippen molar-refractivity contribution >= 4 is 5.94 Å². The molecule has 1 heterocycles. The van der Waals surface area contributed by atoms with Crippen LogP contribution in [0.1, 0.15) is 0 Å². The van der Waals surface area contributed by atoms with Gasteiger partial charge in [0.15, 0.2) is 5.94 Å². The maximum atomic E-state index is 9.82. The zero-order valence-corrected chi connectivity index (χ0v) is 4.14. The van der Waals surface area contributed by atoms with E-state index < -0.39 is 0 Å². The number of hydrogen-bond donors (Lipinski definition) is 1. The Morgan fingerprint density at radius 1 is 1.75 bits per heavy atom. The molecule has 0 aromatic heterocycles. The highest BCUT2D eigenvalue weighted by molar-refractivity contribution is 5.55. The van der Waals surface area contributed by atoms with Crippen molar-refractivity contribution in [2.75, 3.05) is 0 Å². The van der Waals surface area contributed by atoms with Gasteiger partial charge in [0.2, 0.25) is 0 Å². The van der Waals surface area contributed by atoms with Crippen molar-refractivity contribution in [1.29, 1.82) is 0 Å². The van der Waals surface area contributed by atoms with Gasteiger partial charge in [-0.3, -0.25) is 0 Å². The third kappa shape index (κ3) is 0.863. The molecule has 0 spiro atoms. The van der Waals surface area contributed by atoms with Crippen molar-refractivity contribution in [3.8, 4) is 0 Å². The van der Waals surface area contributed by atoms with Gasteiger partial charge in [0.25, 0.3) is 0 Å². The molecule has 0 saturated heterocycles. The second-order valence-corrected chi connectivity index (χ2v) is 1.29. The minimum atomic E-state index is 0.354. The number of carbonyl (C=O) groups excluding carboxylic acids is 1. The maximum Gasteiger partial charge on any atom is 0.151 e. The first kappa shape index (κ1) is 4.88. The van der Waals surface area contributed by atoms with Crippen LogP contribution < -0.4 is 5.32 Å². The summed E-state index contributed by atoms with van der Waals surface area (Å²) in [6.45, 7) is 0. The van der Waals surface area contributed by atoms with Crippen molar-refractivity contribution in [2.45, 2.75) is 0 Å². The molecule has 8 heavy (non-hydrogen) atoms. The third-order valence-corrected chi connectivity index (χ3v) is 0.750. The van der Waals surface area contributed by atoms with Crippen molar-refractivity contribution in [3.05, 3.63) is 30.1 Å². The Balaban J connectivity index is 2.80. The van der Waals surface area contributed by atoms with Gasteiger partial charge in [0, 0.05) is 12.3 Å². The Bertz CT molecular complexity index is 185. The zero-order valence-electron chi connectivity index (χ0n) is 4.14. The lowest BCUT2D eigenvalue weighted by atomic mass is 10.3. The van der Waals surface area contributed by atoms with E-state index in [1.807, 2.05) is 0 Å². The molecule has 1 aliphatic rings. The van der Waals surface area contributed by atoms with Crippen LogP contribution in [0, 0.1) is 6.08 Å². The highest BCUT2D eigenvalue weighted by atomic mass is 16.1. The first-order valence-electron chi connectivity index (χ1n) is 2.20. The fourth-order valence-corrected chi connectivity index (χ4v) is 0.412. The molecule has 0 atom stereocenters. The van der Waals surface area contributed by atoms with Gasteiger partial charge in [-0.15, -0.1) is 0 Å². The van der Waals surface area contributed by atoms with Gasteiger partial charge >= 0.3 is 0 Å². The molecule has 0 amide bonds. The number of nitrogens with one attached hydrogen (secondary N) is 1. The van der Waals surface area contributed by atoms with E-state index >= 15 is 0 Å². The van der Waals surface area contributed by atoms with Crippen LogP contribution in [0.3, 0.4) is 0 Å². The molecule has 1 aliphatic heterocycles. The maximum absolute atomic E-state index is 9.82. The molecule has 0 aliphatic carbocycles. The second-order valence-electron chi connectivity index (χ2n) is 1.29. The van der Waals surface area contributed by atoms with E-state index in [-0.39, 0.29) is 0 Å². The number of allylic oxidation sites excluding steroid dienone is 3. The van der Waals surface area contributed by atoms with Crippen LogP contribution >= 0.6 is 0 Å². The Morgan fingerprint density at radius 3 is 3.00 bits per heavy atom. The van der Waals surface area contributed by atoms with Gasteiger partial charge in [-0.25, -0.2) is 4.79 Å². The van der Waals surface area contributed by atoms with Crippen LogP contribution in [0.15, 0.2) is 24.0 Å². The summed E-state index contributed by atoms with van der Waals surface area (Å²) in [6.07, 6.45) is 7.69. The second kappa shape index (κ2) is 2.15. The molecule has 1 rings (SSSR count). The molecule has 39 valence electrons. The fourth-order valence-electron chi connectivity index (χ4n) is 0.412. The van der Waals surface area contributed by atoms with Crippen LogP contribution in [0.25, 0.3) is 0 Å². The summed E-state index contributed by atoms with van der Waals surface area (Å²) in [5.74, 6) is 1.67. The van der Waals surface area contributed by atoms with E-state index in [2.05, 4.69) is 11.4 Å². The van der Waals surface area contributed by atoms with Crippen LogP contribution in [0.2, 0.25) is 0 Å². The van der Waals surface area contributed by atoms with Crippen LogP contribution in [-0.4, -0.2) is 5.94 Å². The number of rotatable bonds is 0. The summed E-state index contributed by atoms with van der Waals surface area (Å²) in [5.41, 5.74) is 0.354. The Morgan fingerprint density at radius 2 is 2.62 bits per heavy atom. The lowest BCUT2D eigenvalue weighted by molar-refractivity contribution is 0.566. The summed E-state index contributed by atoms with van der Waals surface area (Å²) >= 11 is 0. The molecule has 0 fully saturated rings. The van der Waals surface area contributed by atoms with Crippen molar-refractivity contribution in [1.82, 2.24) is 5.32 Å². The Hall–Kier alpha value is -1.27. The molecule has 0 aromatic rings. The first-order valence-corrected chi connectivity index (χ1v) is 2.20. The normalized spacial score (nSPS) is 15.2. The van der Waals surface area contributed by atoms with Crippen molar-refractivity contribution in [3.63, 3.8) is 0 Å². The number of dihydropyridines is 1. The van der Waals surface area contributed by atoms with Gasteiger partial charge in [-0.05, 0) is 12.2 Å². The average molecular weight is 106 g/mol. The van der Waals surface area contributed by atoms with E-state index in [9.17, 15) is 4.79 Å². The molecule has 1 radical (unpaired) electrons. The van der Waals surface area contributed by atoms with Gasteiger partial charge in [0.05, 0.1) is 0 Å². The molecular weight excluding hydrogens is 102 g/mol. The van der Waals surface area contributed by atoms with Gasteiger partial charge in [-0.1, -0.05) is 0 Å². The summed E-state index contributed by atoms with van der Waals surface area (Å²) < 4.78 is 0. The average Bonchev–Trinajstić information content (AvgIpc) is 1.90. The number of hydrogen-bond acceptors (Lipinski definition) is 2. The fraction of sp³-hybridized carbons (Fsp3) is 0. The summed E-state index contributed by atoms with van der Waals surface area (Å²) in [5, 5.41) is 2.64. The highest BCUT2D eigenvalue weighted by Crippen LogP contribution is 1.89. The standard InChI is InChI=1S/C6H4NO/c8-5-6-3-1-2-4-7-6/h1-2,4,7H. The van der Waals surface area contributed by atoms with Gasteiger partial charge < -0.3 is 5.32 Å². The molecule has 0 saturated carbocycles. The highest BCUT2D eigenvalue weighted by Gasteiger charge is 1.89. The monoisotopic (exact) mass is 106 g/mol. The smallest absolute Gasteiger partial charge is 0.151 e. The Labute approximate surface area is 47.2 Å². The lowest BCUT2D eigenvalue weighted by Gasteiger charge is -1.96. The van der Waals surface area contributed by atoms with Crippen molar-refractivity contribution in [2.24, 2.45) is 0 Å². The quantitative estimate of drug-likeness (QED) is 0.446. The van der Waals surface area contributed by atoms with E-state index in [0.717, 1.165) is 0 Å². The van der Waals surface area contributed by atoms with Crippen LogP contribution in [-0.2, 0) is 4.79 Å². The summed E-state index contributed by atoms with van der Waals surface area (Å²) in [4.78, 5) is 9.82. The van der Waals surface area contributed by atoms with E-state index in [0.29, 0.717) is 5.70 Å². The molecule has 1 N–H and O–H groups in total. The Kier molecular flexibility index (Phi) is 1.31. The van der Waals surface area contributed by atoms with Gasteiger partial charge in [-0.2, -0.15) is 0 Å². The van der Waals surface area contributed by atoms with Crippen LogP contribution in [0.5, 0.6) is 0 Å². The predicted octanol–water partition coefficient (Wildman–Crippen LogP) is 0.178. The molecule has 0 unspecified atom stereocenters. The summed E-state index contributed by atoms with van der Waals surface area (Å²) in [6, 6.07) is 0. The lowest BCUT2D eigenvalue weighted by Crippen LogP contribution is -2.05. The SMILES string of the molecule is O=C=C1[C]=CC=CN1. The van der Waals surface area contributed by atoms with E-state index in [4.69, 9.17) is 0 Å². The van der Waals surface area contributed by atoms with Crippen molar-refractivity contribution < 1.29 is 4.79 Å². The molecule has 2 heteroatoms. The largest absolute Gasteiger partial charge is 0.352 e. The molecule has 0 aromatic carbocycles. The topological polar surface area (TPSA) is 29.1 Å². The summed E-state index contributed by atoms with van der Waals surface area (Å²) in [7, 11) is 0. The molecular formula is C6H4NO. The zero-order chi connectivity index (χ0) is 5.82. The van der Waals surface area contributed by atoms with Gasteiger partial charge in [0.1, 0.15) is 5.70 Å².